The molecule has 1 unspecified atom stereocenters. The predicted molar refractivity (Wildman–Crippen MR) is 104 cm³/mol. The molecule has 142 valence electrons. The number of rotatable bonds is 5. The Balaban J connectivity index is 1.53. The largest absolute Gasteiger partial charge is 0.353 e. The molecule has 1 aliphatic rings. The first-order valence-corrected chi connectivity index (χ1v) is 10.4. The van der Waals surface area contributed by atoms with Crippen molar-refractivity contribution in [1.29, 1.82) is 0 Å². The van der Waals surface area contributed by atoms with Crippen molar-refractivity contribution in [3.05, 3.63) is 48.5 Å². The van der Waals surface area contributed by atoms with Gasteiger partial charge in [0.25, 0.3) is 0 Å². The van der Waals surface area contributed by atoms with Crippen LogP contribution in [0.25, 0.3) is 11.2 Å². The Bertz CT molecular complexity index is 1050. The van der Waals surface area contributed by atoms with Crippen LogP contribution in [0.15, 0.2) is 43.0 Å². The van der Waals surface area contributed by atoms with E-state index in [2.05, 4.69) is 19.9 Å². The Labute approximate surface area is 158 Å². The Hall–Kier alpha value is -2.52. The lowest BCUT2D eigenvalue weighted by Crippen LogP contribution is -2.39. The average molecular weight is 386 g/mol. The zero-order valence-corrected chi connectivity index (χ0v) is 16.2. The quantitative estimate of drug-likeness (QED) is 0.659. The monoisotopic (exact) mass is 386 g/mol. The SMILES string of the molecule is CN(C1CCN(c2ncnc3ncn(C)c23)C1)S(=O)(=O)Cc1ccccc1. The molecule has 2 aromatic heterocycles. The van der Waals surface area contributed by atoms with Crippen molar-refractivity contribution in [3.8, 4) is 0 Å². The normalized spacial score (nSPS) is 17.9. The molecule has 1 aliphatic heterocycles. The number of sulfonamides is 1. The number of aromatic nitrogens is 4. The van der Waals surface area contributed by atoms with Crippen LogP contribution in [0.4, 0.5) is 5.82 Å². The van der Waals surface area contributed by atoms with Crippen molar-refractivity contribution >= 4 is 27.0 Å². The summed E-state index contributed by atoms with van der Waals surface area (Å²) in [5, 5.41) is 0. The summed E-state index contributed by atoms with van der Waals surface area (Å²) in [6, 6.07) is 9.19. The molecule has 0 saturated carbocycles. The molecule has 3 aromatic rings. The molecule has 8 nitrogen and oxygen atoms in total. The van der Waals surface area contributed by atoms with Crippen LogP contribution in [0.3, 0.4) is 0 Å². The standard InChI is InChI=1S/C18H22N6O2S/c1-22-13-21-17-16(22)18(20-12-19-17)24-9-8-15(10-24)23(2)27(25,26)11-14-6-4-3-5-7-14/h3-7,12-13,15H,8-11H2,1-2H3. The van der Waals surface area contributed by atoms with Gasteiger partial charge in [0.15, 0.2) is 11.5 Å². The maximum absolute atomic E-state index is 12.8. The van der Waals surface area contributed by atoms with Crippen molar-refractivity contribution in [1.82, 2.24) is 23.8 Å². The van der Waals surface area contributed by atoms with E-state index >= 15 is 0 Å². The van der Waals surface area contributed by atoms with Crippen molar-refractivity contribution in [2.45, 2.75) is 18.2 Å². The van der Waals surface area contributed by atoms with E-state index in [4.69, 9.17) is 0 Å². The lowest BCUT2D eigenvalue weighted by Gasteiger charge is -2.25. The van der Waals surface area contributed by atoms with Gasteiger partial charge in [-0.05, 0) is 12.0 Å². The van der Waals surface area contributed by atoms with E-state index in [1.807, 2.05) is 41.9 Å². The number of nitrogens with zero attached hydrogens (tertiary/aromatic N) is 6. The van der Waals surface area contributed by atoms with Gasteiger partial charge in [0.1, 0.15) is 11.8 Å². The van der Waals surface area contributed by atoms with Gasteiger partial charge >= 0.3 is 0 Å². The minimum atomic E-state index is -3.39. The molecule has 1 atom stereocenters. The van der Waals surface area contributed by atoms with Gasteiger partial charge in [-0.3, -0.25) is 0 Å². The Morgan fingerprint density at radius 2 is 1.96 bits per heavy atom. The first kappa shape index (κ1) is 17.9. The third-order valence-electron chi connectivity index (χ3n) is 5.10. The number of benzene rings is 1. The molecule has 0 amide bonds. The van der Waals surface area contributed by atoms with Crippen LogP contribution >= 0.6 is 0 Å². The number of anilines is 1. The van der Waals surface area contributed by atoms with Crippen LogP contribution in [-0.4, -0.2) is 58.4 Å². The average Bonchev–Trinajstić information content (AvgIpc) is 3.29. The predicted octanol–water partition coefficient (Wildman–Crippen LogP) is 1.40. The lowest BCUT2D eigenvalue weighted by molar-refractivity contribution is 0.389. The highest BCUT2D eigenvalue weighted by molar-refractivity contribution is 7.88. The first-order valence-electron chi connectivity index (χ1n) is 8.82. The Morgan fingerprint density at radius 1 is 1.19 bits per heavy atom. The fourth-order valence-electron chi connectivity index (χ4n) is 3.55. The smallest absolute Gasteiger partial charge is 0.218 e. The second kappa shape index (κ2) is 6.90. The number of fused-ring (bicyclic) bond motifs is 1. The van der Waals surface area contributed by atoms with Gasteiger partial charge < -0.3 is 9.47 Å². The molecule has 27 heavy (non-hydrogen) atoms. The minimum Gasteiger partial charge on any atom is -0.353 e. The third-order valence-corrected chi connectivity index (χ3v) is 6.97. The zero-order chi connectivity index (χ0) is 19.0. The third kappa shape index (κ3) is 3.40. The molecular weight excluding hydrogens is 364 g/mol. The van der Waals surface area contributed by atoms with Crippen molar-refractivity contribution in [2.75, 3.05) is 25.0 Å². The van der Waals surface area contributed by atoms with Crippen LogP contribution in [0.1, 0.15) is 12.0 Å². The van der Waals surface area contributed by atoms with Crippen LogP contribution in [-0.2, 0) is 22.8 Å². The second-order valence-electron chi connectivity index (χ2n) is 6.87. The fourth-order valence-corrected chi connectivity index (χ4v) is 4.99. The molecular formula is C18H22N6O2S. The van der Waals surface area contributed by atoms with Crippen LogP contribution < -0.4 is 4.90 Å². The van der Waals surface area contributed by atoms with Crippen molar-refractivity contribution in [2.24, 2.45) is 7.05 Å². The molecule has 0 N–H and O–H groups in total. The van der Waals surface area contributed by atoms with Crippen LogP contribution in [0, 0.1) is 0 Å². The molecule has 3 heterocycles. The Morgan fingerprint density at radius 3 is 2.74 bits per heavy atom. The van der Waals surface area contributed by atoms with Gasteiger partial charge in [-0.1, -0.05) is 30.3 Å². The summed E-state index contributed by atoms with van der Waals surface area (Å²) in [5.74, 6) is 0.816. The fraction of sp³-hybridized carbons (Fsp3) is 0.389. The summed E-state index contributed by atoms with van der Waals surface area (Å²) >= 11 is 0. The number of hydrogen-bond donors (Lipinski definition) is 0. The van der Waals surface area contributed by atoms with E-state index in [-0.39, 0.29) is 11.8 Å². The topological polar surface area (TPSA) is 84.2 Å². The first-order chi connectivity index (χ1) is 13.0. The number of likely N-dealkylation sites (N-methyl/N-ethyl adjacent to an activating group) is 1. The molecule has 1 aromatic carbocycles. The van der Waals surface area contributed by atoms with Crippen molar-refractivity contribution in [3.63, 3.8) is 0 Å². The van der Waals surface area contributed by atoms with Gasteiger partial charge in [-0.25, -0.2) is 23.4 Å². The summed E-state index contributed by atoms with van der Waals surface area (Å²) < 4.78 is 29.1. The van der Waals surface area contributed by atoms with E-state index in [0.717, 1.165) is 29.9 Å². The molecule has 4 rings (SSSR count). The summed E-state index contributed by atoms with van der Waals surface area (Å²) in [5.41, 5.74) is 2.32. The highest BCUT2D eigenvalue weighted by atomic mass is 32.2. The van der Waals surface area contributed by atoms with E-state index in [1.54, 1.807) is 13.4 Å². The lowest BCUT2D eigenvalue weighted by atomic mass is 10.2. The Kier molecular flexibility index (Phi) is 4.56. The number of imidazole rings is 1. The maximum atomic E-state index is 12.8. The highest BCUT2D eigenvalue weighted by Gasteiger charge is 2.33. The van der Waals surface area contributed by atoms with Gasteiger partial charge in [0.2, 0.25) is 10.0 Å². The second-order valence-corrected chi connectivity index (χ2v) is 8.90. The molecule has 9 heteroatoms. The molecule has 0 bridgehead atoms. The van der Waals surface area contributed by atoms with Gasteiger partial charge in [-0.2, -0.15) is 4.31 Å². The van der Waals surface area contributed by atoms with Crippen LogP contribution in [0.5, 0.6) is 0 Å². The summed E-state index contributed by atoms with van der Waals surface area (Å²) in [4.78, 5) is 15.0. The summed E-state index contributed by atoms with van der Waals surface area (Å²) in [6.45, 7) is 1.34. The summed E-state index contributed by atoms with van der Waals surface area (Å²) in [6.07, 6.45) is 3.98. The van der Waals surface area contributed by atoms with E-state index in [0.29, 0.717) is 12.2 Å². The minimum absolute atomic E-state index is 0.0142. The number of aryl methyl sites for hydroxylation is 1. The molecule has 0 aliphatic carbocycles. The molecule has 1 fully saturated rings. The van der Waals surface area contributed by atoms with Gasteiger partial charge in [-0.15, -0.1) is 0 Å². The summed E-state index contributed by atoms with van der Waals surface area (Å²) in [7, 11) is 0.196. The number of hydrogen-bond acceptors (Lipinski definition) is 6. The van der Waals surface area contributed by atoms with Gasteiger partial charge in [0, 0.05) is 33.2 Å². The maximum Gasteiger partial charge on any atom is 0.218 e. The van der Waals surface area contributed by atoms with Crippen LogP contribution in [0.2, 0.25) is 0 Å². The molecule has 0 spiro atoms. The highest BCUT2D eigenvalue weighted by Crippen LogP contribution is 2.27. The van der Waals surface area contributed by atoms with Crippen molar-refractivity contribution < 1.29 is 8.42 Å². The van der Waals surface area contributed by atoms with E-state index in [9.17, 15) is 8.42 Å². The zero-order valence-electron chi connectivity index (χ0n) is 15.4. The van der Waals surface area contributed by atoms with E-state index in [1.165, 1.54) is 10.6 Å². The molecule has 0 radical (unpaired) electrons. The van der Waals surface area contributed by atoms with E-state index < -0.39 is 10.0 Å². The van der Waals surface area contributed by atoms with Gasteiger partial charge in [0.05, 0.1) is 12.1 Å². The molecule has 1 saturated heterocycles.